The number of nitrogens with two attached hydrogens (primary N) is 2. The van der Waals surface area contributed by atoms with Crippen molar-refractivity contribution < 1.29 is 4.79 Å². The first-order chi connectivity index (χ1) is 8.95. The first-order valence-electron chi connectivity index (χ1n) is 6.54. The average Bonchev–Trinajstić information content (AvgIpc) is 2.35. The fraction of sp³-hybridized carbons (Fsp3) is 0.500. The zero-order valence-electron chi connectivity index (χ0n) is 12.0. The Bertz CT molecular complexity index is 431. The molecule has 0 aliphatic carbocycles. The summed E-state index contributed by atoms with van der Waals surface area (Å²) in [7, 11) is 4.07. The van der Waals surface area contributed by atoms with Gasteiger partial charge in [0.15, 0.2) is 0 Å². The summed E-state index contributed by atoms with van der Waals surface area (Å²) in [5, 5.41) is 0. The third-order valence-corrected chi connectivity index (χ3v) is 2.97. The van der Waals surface area contributed by atoms with E-state index in [1.54, 1.807) is 18.2 Å². The second-order valence-corrected chi connectivity index (χ2v) is 4.93. The molecule has 0 atom stereocenters. The van der Waals surface area contributed by atoms with Gasteiger partial charge in [0.1, 0.15) is 0 Å². The number of hydrogen-bond donors (Lipinski definition) is 2. The Labute approximate surface area is 115 Å². The second kappa shape index (κ2) is 6.99. The summed E-state index contributed by atoms with van der Waals surface area (Å²) in [5.74, 6) is -0.426. The maximum Gasteiger partial charge on any atom is 0.248 e. The monoisotopic (exact) mass is 264 g/mol. The maximum atomic E-state index is 11.3. The summed E-state index contributed by atoms with van der Waals surface area (Å²) >= 11 is 0. The molecule has 0 radical (unpaired) electrons. The van der Waals surface area contributed by atoms with Gasteiger partial charge in [-0.15, -0.1) is 0 Å². The summed E-state index contributed by atoms with van der Waals surface area (Å²) in [6.07, 6.45) is 1.02. The largest absolute Gasteiger partial charge is 0.397 e. The molecule has 0 saturated carbocycles. The predicted octanol–water partition coefficient (Wildman–Crippen LogP) is 1.15. The highest BCUT2D eigenvalue weighted by Crippen LogP contribution is 2.24. The van der Waals surface area contributed by atoms with Crippen molar-refractivity contribution in [3.8, 4) is 0 Å². The molecule has 4 N–H and O–H groups in total. The van der Waals surface area contributed by atoms with Crippen molar-refractivity contribution in [1.82, 2.24) is 4.90 Å². The molecule has 0 fully saturated rings. The summed E-state index contributed by atoms with van der Waals surface area (Å²) in [5.41, 5.74) is 13.4. The van der Waals surface area contributed by atoms with Crippen molar-refractivity contribution in [2.45, 2.75) is 13.3 Å². The van der Waals surface area contributed by atoms with E-state index in [2.05, 4.69) is 16.7 Å². The van der Waals surface area contributed by atoms with E-state index in [0.717, 1.165) is 31.7 Å². The quantitative estimate of drug-likeness (QED) is 0.724. The molecule has 0 aromatic heterocycles. The summed E-state index contributed by atoms with van der Waals surface area (Å²) in [6, 6.07) is 5.19. The van der Waals surface area contributed by atoms with Crippen LogP contribution >= 0.6 is 0 Å². The molecule has 5 nitrogen and oxygen atoms in total. The minimum Gasteiger partial charge on any atom is -0.397 e. The van der Waals surface area contributed by atoms with Crippen molar-refractivity contribution in [2.24, 2.45) is 5.73 Å². The number of carbonyl (C=O) groups is 1. The van der Waals surface area contributed by atoms with E-state index in [-0.39, 0.29) is 0 Å². The van der Waals surface area contributed by atoms with Gasteiger partial charge in [-0.05, 0) is 38.7 Å². The van der Waals surface area contributed by atoms with Crippen molar-refractivity contribution in [1.29, 1.82) is 0 Å². The highest BCUT2D eigenvalue weighted by molar-refractivity contribution is 5.95. The lowest BCUT2D eigenvalue weighted by molar-refractivity contribution is 0.100. The standard InChI is InChI=1S/C14H24N4O/c1-4-7-18(9-8-17(2)3)13-10-11(14(16)19)5-6-12(13)15/h5-6,10H,4,7-9,15H2,1-3H3,(H2,16,19). The molecular weight excluding hydrogens is 240 g/mol. The highest BCUT2D eigenvalue weighted by Gasteiger charge is 2.12. The Balaban J connectivity index is 2.99. The lowest BCUT2D eigenvalue weighted by Gasteiger charge is -2.27. The fourth-order valence-electron chi connectivity index (χ4n) is 1.91. The molecule has 0 bridgehead atoms. The lowest BCUT2D eigenvalue weighted by atomic mass is 10.1. The van der Waals surface area contributed by atoms with E-state index in [1.165, 1.54) is 0 Å². The number of nitrogens with zero attached hydrogens (tertiary/aromatic N) is 2. The third-order valence-electron chi connectivity index (χ3n) is 2.97. The van der Waals surface area contributed by atoms with Crippen molar-refractivity contribution in [3.63, 3.8) is 0 Å². The minimum absolute atomic E-state index is 0.426. The molecule has 0 unspecified atom stereocenters. The van der Waals surface area contributed by atoms with Gasteiger partial charge >= 0.3 is 0 Å². The molecule has 1 rings (SSSR count). The smallest absolute Gasteiger partial charge is 0.248 e. The van der Waals surface area contributed by atoms with Gasteiger partial charge < -0.3 is 21.3 Å². The van der Waals surface area contributed by atoms with Gasteiger partial charge in [-0.3, -0.25) is 4.79 Å². The van der Waals surface area contributed by atoms with Crippen LogP contribution in [-0.2, 0) is 0 Å². The number of hydrogen-bond acceptors (Lipinski definition) is 4. The molecule has 5 heteroatoms. The van der Waals surface area contributed by atoms with Crippen LogP contribution in [0.3, 0.4) is 0 Å². The van der Waals surface area contributed by atoms with Crippen LogP contribution < -0.4 is 16.4 Å². The van der Waals surface area contributed by atoms with Gasteiger partial charge in [0.2, 0.25) is 5.91 Å². The molecule has 0 aliphatic rings. The zero-order valence-corrected chi connectivity index (χ0v) is 12.0. The van der Waals surface area contributed by atoms with Crippen LogP contribution in [0.1, 0.15) is 23.7 Å². The molecule has 0 heterocycles. The normalized spacial score (nSPS) is 10.7. The van der Waals surface area contributed by atoms with Crippen LogP contribution in [0.15, 0.2) is 18.2 Å². The van der Waals surface area contributed by atoms with Gasteiger partial charge in [0.05, 0.1) is 11.4 Å². The van der Waals surface area contributed by atoms with Crippen molar-refractivity contribution in [3.05, 3.63) is 23.8 Å². The van der Waals surface area contributed by atoms with Crippen molar-refractivity contribution in [2.75, 3.05) is 44.4 Å². The van der Waals surface area contributed by atoms with Crippen LogP contribution in [0.2, 0.25) is 0 Å². The van der Waals surface area contributed by atoms with Crippen LogP contribution in [0, 0.1) is 0 Å². The Morgan fingerprint density at radius 1 is 1.21 bits per heavy atom. The van der Waals surface area contributed by atoms with Gasteiger partial charge in [0.25, 0.3) is 0 Å². The molecule has 1 aromatic carbocycles. The van der Waals surface area contributed by atoms with Crippen LogP contribution in [0.25, 0.3) is 0 Å². The molecule has 0 saturated heterocycles. The van der Waals surface area contributed by atoms with Crippen molar-refractivity contribution >= 4 is 17.3 Å². The van der Waals surface area contributed by atoms with Gasteiger partial charge in [-0.1, -0.05) is 6.92 Å². The van der Waals surface area contributed by atoms with Crippen LogP contribution in [0.4, 0.5) is 11.4 Å². The second-order valence-electron chi connectivity index (χ2n) is 4.93. The number of amides is 1. The first-order valence-corrected chi connectivity index (χ1v) is 6.54. The summed E-state index contributed by atoms with van der Waals surface area (Å²) in [6.45, 7) is 4.82. The minimum atomic E-state index is -0.426. The SMILES string of the molecule is CCCN(CCN(C)C)c1cc(C(N)=O)ccc1N. The summed E-state index contributed by atoms with van der Waals surface area (Å²) < 4.78 is 0. The van der Waals surface area contributed by atoms with Gasteiger partial charge in [-0.25, -0.2) is 0 Å². The fourth-order valence-corrected chi connectivity index (χ4v) is 1.91. The lowest BCUT2D eigenvalue weighted by Crippen LogP contribution is -2.33. The van der Waals surface area contributed by atoms with Gasteiger partial charge in [-0.2, -0.15) is 0 Å². The van der Waals surface area contributed by atoms with E-state index in [9.17, 15) is 4.79 Å². The Hall–Kier alpha value is -1.75. The number of rotatable bonds is 7. The molecule has 1 amide bonds. The Kier molecular flexibility index (Phi) is 5.63. The number of primary amides is 1. The van der Waals surface area contributed by atoms with Crippen LogP contribution in [0.5, 0.6) is 0 Å². The molecular formula is C14H24N4O. The first kappa shape index (κ1) is 15.3. The van der Waals surface area contributed by atoms with E-state index in [0.29, 0.717) is 11.3 Å². The topological polar surface area (TPSA) is 75.6 Å². The average molecular weight is 264 g/mol. The Morgan fingerprint density at radius 2 is 1.89 bits per heavy atom. The Morgan fingerprint density at radius 3 is 2.42 bits per heavy atom. The van der Waals surface area contributed by atoms with E-state index < -0.39 is 5.91 Å². The molecule has 0 aliphatic heterocycles. The number of anilines is 2. The van der Waals surface area contributed by atoms with E-state index >= 15 is 0 Å². The maximum absolute atomic E-state index is 11.3. The predicted molar refractivity (Wildman–Crippen MR) is 80.4 cm³/mol. The number of benzene rings is 1. The highest BCUT2D eigenvalue weighted by atomic mass is 16.1. The zero-order chi connectivity index (χ0) is 14.4. The number of carbonyl (C=O) groups excluding carboxylic acids is 1. The molecule has 106 valence electrons. The van der Waals surface area contributed by atoms with Gasteiger partial charge in [0, 0.05) is 25.2 Å². The van der Waals surface area contributed by atoms with E-state index in [4.69, 9.17) is 11.5 Å². The number of likely N-dealkylation sites (N-methyl/N-ethyl adjacent to an activating group) is 1. The third kappa shape index (κ3) is 4.44. The molecule has 19 heavy (non-hydrogen) atoms. The summed E-state index contributed by atoms with van der Waals surface area (Å²) in [4.78, 5) is 15.6. The van der Waals surface area contributed by atoms with E-state index in [1.807, 2.05) is 14.1 Å². The number of nitrogen functional groups attached to an aromatic ring is 1. The van der Waals surface area contributed by atoms with Crippen LogP contribution in [-0.4, -0.2) is 44.5 Å². The molecule has 1 aromatic rings. The molecule has 0 spiro atoms.